The van der Waals surface area contributed by atoms with Gasteiger partial charge < -0.3 is 10.6 Å². The number of pyridine rings is 1. The number of nitrogens with one attached hydrogen (secondary N) is 2. The molecule has 4 rings (SSSR count). The van der Waals surface area contributed by atoms with Crippen LogP contribution >= 0.6 is 0 Å². The second kappa shape index (κ2) is 7.68. The number of benzene rings is 2. The first-order chi connectivity index (χ1) is 13.2. The zero-order valence-corrected chi connectivity index (χ0v) is 14.8. The molecular formula is C22H20FN3O. The Hall–Kier alpha value is -3.05. The summed E-state index contributed by atoms with van der Waals surface area (Å²) in [5, 5.41) is 6.38. The Kier molecular flexibility index (Phi) is 4.94. The van der Waals surface area contributed by atoms with Crippen molar-refractivity contribution >= 4 is 5.91 Å². The summed E-state index contributed by atoms with van der Waals surface area (Å²) in [6, 6.07) is 17.1. The van der Waals surface area contributed by atoms with E-state index in [2.05, 4.69) is 15.6 Å². The number of hydrogen-bond donors (Lipinski definition) is 2. The van der Waals surface area contributed by atoms with Gasteiger partial charge in [0.1, 0.15) is 5.82 Å². The first-order valence-corrected chi connectivity index (χ1v) is 9.00. The summed E-state index contributed by atoms with van der Waals surface area (Å²) in [7, 11) is 0. The van der Waals surface area contributed by atoms with Crippen LogP contribution in [0.15, 0.2) is 66.9 Å². The highest BCUT2D eigenvalue weighted by Gasteiger charge is 2.20. The standard InChI is InChI=1S/C22H20FN3O/c23-19-8-6-16(7-9-19)21(20-3-1-2-11-25-20)26-22(27)17-5-4-15-10-12-24-14-18(15)13-17/h1-9,11,13,21,24H,10,12,14H2,(H,26,27). The van der Waals surface area contributed by atoms with Crippen molar-refractivity contribution in [3.63, 3.8) is 0 Å². The van der Waals surface area contributed by atoms with E-state index in [4.69, 9.17) is 0 Å². The molecule has 27 heavy (non-hydrogen) atoms. The zero-order valence-electron chi connectivity index (χ0n) is 14.8. The number of fused-ring (bicyclic) bond motifs is 1. The molecule has 4 nitrogen and oxygen atoms in total. The molecular weight excluding hydrogens is 341 g/mol. The van der Waals surface area contributed by atoms with Gasteiger partial charge in [0, 0.05) is 18.3 Å². The van der Waals surface area contributed by atoms with Crippen molar-refractivity contribution in [2.24, 2.45) is 0 Å². The van der Waals surface area contributed by atoms with E-state index in [0.29, 0.717) is 11.3 Å². The maximum atomic E-state index is 13.3. The number of aromatic nitrogens is 1. The molecule has 1 unspecified atom stereocenters. The van der Waals surface area contributed by atoms with Gasteiger partial charge in [-0.25, -0.2) is 4.39 Å². The van der Waals surface area contributed by atoms with Crippen LogP contribution in [-0.4, -0.2) is 17.4 Å². The van der Waals surface area contributed by atoms with E-state index in [1.54, 1.807) is 18.3 Å². The predicted octanol–water partition coefficient (Wildman–Crippen LogP) is 3.39. The molecule has 0 saturated heterocycles. The van der Waals surface area contributed by atoms with Crippen molar-refractivity contribution in [1.29, 1.82) is 0 Å². The topological polar surface area (TPSA) is 54.0 Å². The molecule has 0 radical (unpaired) electrons. The fraction of sp³-hybridized carbons (Fsp3) is 0.182. The van der Waals surface area contributed by atoms with Crippen LogP contribution in [0.25, 0.3) is 0 Å². The van der Waals surface area contributed by atoms with Gasteiger partial charge in [0.25, 0.3) is 5.91 Å². The van der Waals surface area contributed by atoms with Gasteiger partial charge in [-0.2, -0.15) is 0 Å². The van der Waals surface area contributed by atoms with E-state index in [9.17, 15) is 9.18 Å². The number of carbonyl (C=O) groups excluding carboxylic acids is 1. The molecule has 5 heteroatoms. The SMILES string of the molecule is O=C(NC(c1ccc(F)cc1)c1ccccn1)c1ccc2c(c1)CNCC2. The van der Waals surface area contributed by atoms with Crippen LogP contribution in [-0.2, 0) is 13.0 Å². The van der Waals surface area contributed by atoms with Gasteiger partial charge in [-0.1, -0.05) is 24.3 Å². The highest BCUT2D eigenvalue weighted by atomic mass is 19.1. The first-order valence-electron chi connectivity index (χ1n) is 9.00. The van der Waals surface area contributed by atoms with Crippen molar-refractivity contribution in [2.75, 3.05) is 6.54 Å². The van der Waals surface area contributed by atoms with Gasteiger partial charge in [0.15, 0.2) is 0 Å². The van der Waals surface area contributed by atoms with Gasteiger partial charge in [-0.3, -0.25) is 9.78 Å². The number of halogens is 1. The van der Waals surface area contributed by atoms with Gasteiger partial charge >= 0.3 is 0 Å². The molecule has 3 aromatic rings. The molecule has 1 atom stereocenters. The van der Waals surface area contributed by atoms with Crippen molar-refractivity contribution in [3.8, 4) is 0 Å². The maximum Gasteiger partial charge on any atom is 0.252 e. The molecule has 1 aromatic heterocycles. The molecule has 0 aliphatic carbocycles. The number of hydrogen-bond acceptors (Lipinski definition) is 3. The molecule has 136 valence electrons. The van der Waals surface area contributed by atoms with Gasteiger partial charge in [-0.05, 0) is 66.1 Å². The molecule has 1 aliphatic rings. The van der Waals surface area contributed by atoms with E-state index >= 15 is 0 Å². The minimum atomic E-state index is -0.451. The van der Waals surface area contributed by atoms with E-state index < -0.39 is 6.04 Å². The molecule has 2 aromatic carbocycles. The molecule has 2 heterocycles. The molecule has 0 spiro atoms. The van der Waals surface area contributed by atoms with E-state index in [0.717, 1.165) is 30.6 Å². The highest BCUT2D eigenvalue weighted by molar-refractivity contribution is 5.95. The summed E-state index contributed by atoms with van der Waals surface area (Å²) in [4.78, 5) is 17.3. The van der Waals surface area contributed by atoms with Crippen LogP contribution in [0.3, 0.4) is 0 Å². The lowest BCUT2D eigenvalue weighted by Gasteiger charge is -2.21. The summed E-state index contributed by atoms with van der Waals surface area (Å²) >= 11 is 0. The lowest BCUT2D eigenvalue weighted by molar-refractivity contribution is 0.0942. The van der Waals surface area contributed by atoms with Crippen LogP contribution in [0.2, 0.25) is 0 Å². The molecule has 1 amide bonds. The normalized spacial score (nSPS) is 14.3. The monoisotopic (exact) mass is 361 g/mol. The van der Waals surface area contributed by atoms with Crippen molar-refractivity contribution in [3.05, 3.63) is 101 Å². The van der Waals surface area contributed by atoms with Gasteiger partial charge in [-0.15, -0.1) is 0 Å². The lowest BCUT2D eigenvalue weighted by atomic mass is 9.97. The fourth-order valence-corrected chi connectivity index (χ4v) is 3.37. The lowest BCUT2D eigenvalue weighted by Crippen LogP contribution is -2.30. The smallest absolute Gasteiger partial charge is 0.252 e. The third kappa shape index (κ3) is 3.88. The zero-order chi connectivity index (χ0) is 18.6. The Bertz CT molecular complexity index is 942. The van der Waals surface area contributed by atoms with Crippen LogP contribution in [0.4, 0.5) is 4.39 Å². The second-order valence-corrected chi connectivity index (χ2v) is 6.62. The maximum absolute atomic E-state index is 13.3. The van der Waals surface area contributed by atoms with Crippen LogP contribution in [0.5, 0.6) is 0 Å². The molecule has 0 bridgehead atoms. The fourth-order valence-electron chi connectivity index (χ4n) is 3.37. The average molecular weight is 361 g/mol. The summed E-state index contributed by atoms with van der Waals surface area (Å²) in [6.45, 7) is 1.74. The minimum Gasteiger partial charge on any atom is -0.340 e. The van der Waals surface area contributed by atoms with Crippen LogP contribution in [0.1, 0.15) is 38.8 Å². The summed E-state index contributed by atoms with van der Waals surface area (Å²) in [6.07, 6.45) is 2.66. The van der Waals surface area contributed by atoms with Crippen LogP contribution < -0.4 is 10.6 Å². The highest BCUT2D eigenvalue weighted by Crippen LogP contribution is 2.22. The van der Waals surface area contributed by atoms with E-state index in [-0.39, 0.29) is 11.7 Å². The predicted molar refractivity (Wildman–Crippen MR) is 102 cm³/mol. The van der Waals surface area contributed by atoms with E-state index in [1.165, 1.54) is 17.7 Å². The quantitative estimate of drug-likeness (QED) is 0.749. The third-order valence-corrected chi connectivity index (χ3v) is 4.82. The van der Waals surface area contributed by atoms with Crippen molar-refractivity contribution < 1.29 is 9.18 Å². The second-order valence-electron chi connectivity index (χ2n) is 6.62. The summed E-state index contributed by atoms with van der Waals surface area (Å²) < 4.78 is 13.3. The Morgan fingerprint density at radius 3 is 2.70 bits per heavy atom. The minimum absolute atomic E-state index is 0.177. The Morgan fingerprint density at radius 1 is 1.07 bits per heavy atom. The third-order valence-electron chi connectivity index (χ3n) is 4.82. The Morgan fingerprint density at radius 2 is 1.93 bits per heavy atom. The van der Waals surface area contributed by atoms with Crippen molar-refractivity contribution in [1.82, 2.24) is 15.6 Å². The molecule has 2 N–H and O–H groups in total. The van der Waals surface area contributed by atoms with Gasteiger partial charge in [0.05, 0.1) is 11.7 Å². The Labute approximate surface area is 157 Å². The number of carbonyl (C=O) groups is 1. The van der Waals surface area contributed by atoms with Crippen LogP contribution in [0, 0.1) is 5.82 Å². The molecule has 0 fully saturated rings. The molecule has 1 aliphatic heterocycles. The number of amides is 1. The van der Waals surface area contributed by atoms with Crippen molar-refractivity contribution in [2.45, 2.75) is 19.0 Å². The molecule has 0 saturated carbocycles. The number of rotatable bonds is 4. The largest absolute Gasteiger partial charge is 0.340 e. The first kappa shape index (κ1) is 17.4. The van der Waals surface area contributed by atoms with E-state index in [1.807, 2.05) is 36.4 Å². The Balaban J connectivity index is 1.63. The average Bonchev–Trinajstić information content (AvgIpc) is 2.73. The summed E-state index contributed by atoms with van der Waals surface area (Å²) in [5.74, 6) is -0.490. The van der Waals surface area contributed by atoms with Gasteiger partial charge in [0.2, 0.25) is 0 Å². The summed E-state index contributed by atoms with van der Waals surface area (Å²) in [5.41, 5.74) is 4.54. The number of nitrogens with zero attached hydrogens (tertiary/aromatic N) is 1.